The van der Waals surface area contributed by atoms with Crippen molar-refractivity contribution in [2.45, 2.75) is 43.4 Å². The van der Waals surface area contributed by atoms with E-state index in [1.807, 2.05) is 13.8 Å². The van der Waals surface area contributed by atoms with E-state index >= 15 is 0 Å². The number of carboxylic acids is 1. The molecule has 0 aromatic rings. The Morgan fingerprint density at radius 2 is 2.05 bits per heavy atom. The predicted octanol–water partition coefficient (Wildman–Crippen LogP) is 1.48. The lowest BCUT2D eigenvalue weighted by Gasteiger charge is -2.30. The van der Waals surface area contributed by atoms with E-state index in [0.717, 1.165) is 25.9 Å². The van der Waals surface area contributed by atoms with Crippen LogP contribution in [-0.2, 0) is 9.59 Å². The number of nitrogens with one attached hydrogen (secondary N) is 1. The first-order valence-electron chi connectivity index (χ1n) is 7.48. The summed E-state index contributed by atoms with van der Waals surface area (Å²) in [7, 11) is 0. The minimum Gasteiger partial charge on any atom is -0.480 e. The summed E-state index contributed by atoms with van der Waals surface area (Å²) in [6.45, 7) is 6.11. The van der Waals surface area contributed by atoms with Gasteiger partial charge < -0.3 is 15.3 Å². The third kappa shape index (κ3) is 4.29. The van der Waals surface area contributed by atoms with Crippen molar-refractivity contribution in [3.63, 3.8) is 0 Å². The standard InChI is InChI=1S/C14H24N2O3S2/c1-9(2)13-16(11(7-21-13)14(18)19)12(17)8-20-10-3-5-15-6-4-10/h9-11,13,15H,3-8H2,1-2H3,(H,18,19). The van der Waals surface area contributed by atoms with Crippen LogP contribution in [0.15, 0.2) is 0 Å². The second-order valence-electron chi connectivity index (χ2n) is 5.88. The topological polar surface area (TPSA) is 69.6 Å². The van der Waals surface area contributed by atoms with E-state index in [-0.39, 0.29) is 17.2 Å². The van der Waals surface area contributed by atoms with E-state index in [1.165, 1.54) is 0 Å². The van der Waals surface area contributed by atoms with Gasteiger partial charge in [0, 0.05) is 11.0 Å². The summed E-state index contributed by atoms with van der Waals surface area (Å²) in [5.74, 6) is 0.271. The van der Waals surface area contributed by atoms with E-state index in [0.29, 0.717) is 16.8 Å². The first-order valence-corrected chi connectivity index (χ1v) is 9.58. The van der Waals surface area contributed by atoms with Gasteiger partial charge in [0.05, 0.1) is 11.1 Å². The molecule has 2 atom stereocenters. The highest BCUT2D eigenvalue weighted by molar-refractivity contribution is 8.00. The lowest BCUT2D eigenvalue weighted by Crippen LogP contribution is -2.48. The molecule has 7 heteroatoms. The Kier molecular flexibility index (Phi) is 6.25. The van der Waals surface area contributed by atoms with Crippen molar-refractivity contribution < 1.29 is 14.7 Å². The number of hydrogen-bond donors (Lipinski definition) is 2. The molecular formula is C14H24N2O3S2. The highest BCUT2D eigenvalue weighted by atomic mass is 32.2. The van der Waals surface area contributed by atoms with E-state index in [2.05, 4.69) is 5.32 Å². The predicted molar refractivity (Wildman–Crippen MR) is 87.7 cm³/mol. The number of rotatable bonds is 5. The van der Waals surface area contributed by atoms with Gasteiger partial charge in [-0.1, -0.05) is 13.8 Å². The van der Waals surface area contributed by atoms with Crippen LogP contribution in [0, 0.1) is 5.92 Å². The smallest absolute Gasteiger partial charge is 0.327 e. The molecule has 2 unspecified atom stereocenters. The summed E-state index contributed by atoms with van der Waals surface area (Å²) in [4.78, 5) is 25.5. The Bertz CT molecular complexity index is 386. The van der Waals surface area contributed by atoms with Gasteiger partial charge in [-0.25, -0.2) is 4.79 Å². The van der Waals surface area contributed by atoms with Crippen LogP contribution in [0.25, 0.3) is 0 Å². The summed E-state index contributed by atoms with van der Waals surface area (Å²) < 4.78 is 0. The highest BCUT2D eigenvalue weighted by Crippen LogP contribution is 2.35. The van der Waals surface area contributed by atoms with Crippen LogP contribution in [-0.4, -0.2) is 63.1 Å². The third-order valence-corrected chi connectivity index (χ3v) is 6.88. The summed E-state index contributed by atoms with van der Waals surface area (Å²) in [5.41, 5.74) is 0. The molecule has 2 N–H and O–H groups in total. The van der Waals surface area contributed by atoms with E-state index in [4.69, 9.17) is 0 Å². The van der Waals surface area contributed by atoms with Crippen LogP contribution in [0.2, 0.25) is 0 Å². The van der Waals surface area contributed by atoms with Crippen LogP contribution in [0.1, 0.15) is 26.7 Å². The van der Waals surface area contributed by atoms with E-state index in [9.17, 15) is 14.7 Å². The third-order valence-electron chi connectivity index (χ3n) is 3.91. The molecular weight excluding hydrogens is 308 g/mol. The zero-order valence-corrected chi connectivity index (χ0v) is 14.2. The van der Waals surface area contributed by atoms with Gasteiger partial charge in [-0.05, 0) is 31.8 Å². The molecule has 0 aromatic heterocycles. The summed E-state index contributed by atoms with van der Waals surface area (Å²) in [6.07, 6.45) is 2.17. The van der Waals surface area contributed by atoms with Crippen molar-refractivity contribution in [2.75, 3.05) is 24.6 Å². The Morgan fingerprint density at radius 1 is 1.38 bits per heavy atom. The molecule has 2 aliphatic rings. The Morgan fingerprint density at radius 3 is 2.62 bits per heavy atom. The average Bonchev–Trinajstić information content (AvgIpc) is 2.91. The van der Waals surface area contributed by atoms with Crippen molar-refractivity contribution in [1.29, 1.82) is 0 Å². The van der Waals surface area contributed by atoms with Gasteiger partial charge in [-0.3, -0.25) is 4.79 Å². The largest absolute Gasteiger partial charge is 0.480 e. The maximum Gasteiger partial charge on any atom is 0.327 e. The fourth-order valence-electron chi connectivity index (χ4n) is 2.77. The number of carbonyl (C=O) groups is 2. The van der Waals surface area contributed by atoms with Gasteiger partial charge in [0.15, 0.2) is 0 Å². The van der Waals surface area contributed by atoms with Gasteiger partial charge >= 0.3 is 5.97 Å². The normalized spacial score (nSPS) is 27.3. The van der Waals surface area contributed by atoms with Gasteiger partial charge in [0.25, 0.3) is 0 Å². The number of amides is 1. The van der Waals surface area contributed by atoms with Crippen LogP contribution < -0.4 is 5.32 Å². The first kappa shape index (κ1) is 17.0. The zero-order chi connectivity index (χ0) is 15.4. The van der Waals surface area contributed by atoms with E-state index < -0.39 is 12.0 Å². The minimum absolute atomic E-state index is 0.00720. The zero-order valence-electron chi connectivity index (χ0n) is 12.6. The molecule has 0 spiro atoms. The quantitative estimate of drug-likeness (QED) is 0.795. The van der Waals surface area contributed by atoms with Crippen molar-refractivity contribution >= 4 is 35.4 Å². The molecule has 2 fully saturated rings. The molecule has 0 bridgehead atoms. The molecule has 5 nitrogen and oxygen atoms in total. The van der Waals surface area contributed by atoms with Crippen molar-refractivity contribution in [3.05, 3.63) is 0 Å². The van der Waals surface area contributed by atoms with Gasteiger partial charge in [0.2, 0.25) is 5.91 Å². The maximum atomic E-state index is 12.5. The molecule has 0 aromatic carbocycles. The lowest BCUT2D eigenvalue weighted by atomic mass is 10.1. The van der Waals surface area contributed by atoms with Crippen LogP contribution in [0.3, 0.4) is 0 Å². The SMILES string of the molecule is CC(C)C1SCC(C(=O)O)N1C(=O)CSC1CCNCC1. The van der Waals surface area contributed by atoms with Gasteiger partial charge in [-0.2, -0.15) is 0 Å². The molecule has 2 aliphatic heterocycles. The summed E-state index contributed by atoms with van der Waals surface area (Å²) in [5, 5.41) is 13.2. The molecule has 0 radical (unpaired) electrons. The molecule has 2 saturated heterocycles. The second kappa shape index (κ2) is 7.74. The van der Waals surface area contributed by atoms with Crippen molar-refractivity contribution in [1.82, 2.24) is 10.2 Å². The van der Waals surface area contributed by atoms with Crippen LogP contribution in [0.5, 0.6) is 0 Å². The highest BCUT2D eigenvalue weighted by Gasteiger charge is 2.42. The fraction of sp³-hybridized carbons (Fsp3) is 0.857. The monoisotopic (exact) mass is 332 g/mol. The lowest BCUT2D eigenvalue weighted by molar-refractivity contribution is -0.148. The number of piperidine rings is 1. The Balaban J connectivity index is 1.94. The Hall–Kier alpha value is -0.400. The molecule has 1 amide bonds. The number of hydrogen-bond acceptors (Lipinski definition) is 5. The van der Waals surface area contributed by atoms with E-state index in [1.54, 1.807) is 28.4 Å². The number of thioether (sulfide) groups is 2. The number of aliphatic carboxylic acids is 1. The summed E-state index contributed by atoms with van der Waals surface area (Å²) >= 11 is 3.28. The summed E-state index contributed by atoms with van der Waals surface area (Å²) in [6, 6.07) is -0.663. The van der Waals surface area contributed by atoms with Crippen LogP contribution >= 0.6 is 23.5 Å². The Labute approximate surface area is 134 Å². The number of carboxylic acid groups (broad SMARTS) is 1. The number of carbonyl (C=O) groups excluding carboxylic acids is 1. The molecule has 2 heterocycles. The minimum atomic E-state index is -0.883. The second-order valence-corrected chi connectivity index (χ2v) is 8.32. The van der Waals surface area contributed by atoms with Gasteiger partial charge in [-0.15, -0.1) is 23.5 Å². The average molecular weight is 332 g/mol. The molecule has 21 heavy (non-hydrogen) atoms. The van der Waals surface area contributed by atoms with Gasteiger partial charge in [0.1, 0.15) is 6.04 Å². The molecule has 120 valence electrons. The van der Waals surface area contributed by atoms with Crippen LogP contribution in [0.4, 0.5) is 0 Å². The first-order chi connectivity index (χ1) is 10.0. The van der Waals surface area contributed by atoms with Crippen molar-refractivity contribution in [2.24, 2.45) is 5.92 Å². The fourth-order valence-corrected chi connectivity index (χ4v) is 5.36. The molecule has 2 rings (SSSR count). The molecule has 0 saturated carbocycles. The maximum absolute atomic E-state index is 12.5. The van der Waals surface area contributed by atoms with Crippen molar-refractivity contribution in [3.8, 4) is 0 Å². The molecule has 0 aliphatic carbocycles. The number of nitrogens with zero attached hydrogens (tertiary/aromatic N) is 1.